The Kier molecular flexibility index (Phi) is 5.92. The van der Waals surface area contributed by atoms with Crippen LogP contribution in [-0.4, -0.2) is 38.2 Å². The summed E-state index contributed by atoms with van der Waals surface area (Å²) in [6.45, 7) is 0.666. The third-order valence-electron chi connectivity index (χ3n) is 6.37. The highest BCUT2D eigenvalue weighted by Gasteiger charge is 2.27. The van der Waals surface area contributed by atoms with Crippen LogP contribution in [0, 0.1) is 0 Å². The second-order valence-electron chi connectivity index (χ2n) is 8.30. The molecule has 176 valence electrons. The Labute approximate surface area is 198 Å². The second kappa shape index (κ2) is 9.17. The molecule has 0 saturated heterocycles. The van der Waals surface area contributed by atoms with Gasteiger partial charge in [-0.3, -0.25) is 0 Å². The van der Waals surface area contributed by atoms with Gasteiger partial charge in [-0.25, -0.2) is 0 Å². The minimum atomic E-state index is 0.572. The van der Waals surface area contributed by atoms with Crippen LogP contribution in [0.2, 0.25) is 0 Å². The Bertz CT molecular complexity index is 1300. The zero-order valence-corrected chi connectivity index (χ0v) is 19.9. The van der Waals surface area contributed by atoms with Crippen LogP contribution in [0.15, 0.2) is 53.3 Å². The van der Waals surface area contributed by atoms with Crippen LogP contribution in [0.4, 0.5) is 0 Å². The summed E-state index contributed by atoms with van der Waals surface area (Å²) in [6.07, 6.45) is 6.89. The van der Waals surface area contributed by atoms with Gasteiger partial charge in [-0.1, -0.05) is 17.3 Å². The molecule has 0 bridgehead atoms. The van der Waals surface area contributed by atoms with Crippen LogP contribution in [0.5, 0.6) is 23.0 Å². The first-order chi connectivity index (χ1) is 16.7. The van der Waals surface area contributed by atoms with E-state index in [-0.39, 0.29) is 0 Å². The van der Waals surface area contributed by atoms with Gasteiger partial charge in [0.25, 0.3) is 0 Å². The summed E-state index contributed by atoms with van der Waals surface area (Å²) >= 11 is 0. The van der Waals surface area contributed by atoms with Gasteiger partial charge in [-0.15, -0.1) is 0 Å². The number of aromatic nitrogens is 2. The lowest BCUT2D eigenvalue weighted by molar-refractivity contribution is 0.324. The molecule has 2 heterocycles. The molecule has 5 rings (SSSR count). The first kappa shape index (κ1) is 21.9. The molecule has 0 spiro atoms. The molecular formula is C27H28N2O5. The molecular weight excluding hydrogens is 432 g/mol. The van der Waals surface area contributed by atoms with Crippen LogP contribution in [0.3, 0.4) is 0 Å². The van der Waals surface area contributed by atoms with Gasteiger partial charge in [0.2, 0.25) is 5.75 Å². The third kappa shape index (κ3) is 3.77. The molecule has 4 aromatic rings. The van der Waals surface area contributed by atoms with Gasteiger partial charge in [0, 0.05) is 29.4 Å². The molecule has 2 aromatic carbocycles. The molecule has 0 unspecified atom stereocenters. The van der Waals surface area contributed by atoms with Crippen molar-refractivity contribution in [3.8, 4) is 45.6 Å². The lowest BCUT2D eigenvalue weighted by atomic mass is 10.00. The van der Waals surface area contributed by atoms with Gasteiger partial charge in [0.1, 0.15) is 5.75 Å². The van der Waals surface area contributed by atoms with E-state index < -0.39 is 0 Å². The number of hydrogen-bond donors (Lipinski definition) is 0. The number of hydrogen-bond acceptors (Lipinski definition) is 6. The highest BCUT2D eigenvalue weighted by molar-refractivity contribution is 5.80. The van der Waals surface area contributed by atoms with Crippen molar-refractivity contribution in [3.63, 3.8) is 0 Å². The fourth-order valence-corrected chi connectivity index (χ4v) is 4.81. The quantitative estimate of drug-likeness (QED) is 0.369. The Hall–Kier alpha value is -3.87. The van der Waals surface area contributed by atoms with E-state index in [1.165, 1.54) is 5.56 Å². The predicted octanol–water partition coefficient (Wildman–Crippen LogP) is 5.38. The van der Waals surface area contributed by atoms with Gasteiger partial charge in [0.15, 0.2) is 17.3 Å². The Morgan fingerprint density at radius 3 is 2.44 bits per heavy atom. The number of methoxy groups -OCH3 is 4. The largest absolute Gasteiger partial charge is 0.497 e. The van der Waals surface area contributed by atoms with Crippen molar-refractivity contribution in [2.45, 2.75) is 25.8 Å². The van der Waals surface area contributed by atoms with Crippen LogP contribution >= 0.6 is 0 Å². The summed E-state index contributed by atoms with van der Waals surface area (Å²) in [5.74, 6) is 3.49. The van der Waals surface area contributed by atoms with Gasteiger partial charge in [-0.2, -0.15) is 0 Å². The molecule has 0 fully saturated rings. The van der Waals surface area contributed by atoms with Crippen molar-refractivity contribution in [1.82, 2.24) is 9.72 Å². The lowest BCUT2D eigenvalue weighted by Crippen LogP contribution is -2.03. The molecule has 1 aliphatic carbocycles. The van der Waals surface area contributed by atoms with Crippen molar-refractivity contribution >= 4 is 0 Å². The molecule has 34 heavy (non-hydrogen) atoms. The highest BCUT2D eigenvalue weighted by Crippen LogP contribution is 2.45. The molecule has 0 amide bonds. The number of rotatable bonds is 7. The summed E-state index contributed by atoms with van der Waals surface area (Å²) in [5.41, 5.74) is 6.68. The van der Waals surface area contributed by atoms with E-state index in [0.717, 1.165) is 58.7 Å². The first-order valence-electron chi connectivity index (χ1n) is 11.3. The SMILES string of the molecule is COc1cccc(Cn2cc3c(c2-c2cc(OC)c(OC)c(OC)c2)CCCc2cnoc2-3)c1. The van der Waals surface area contributed by atoms with Crippen LogP contribution in [0.1, 0.15) is 23.1 Å². The van der Waals surface area contributed by atoms with E-state index in [4.69, 9.17) is 23.5 Å². The number of fused-ring (bicyclic) bond motifs is 3. The van der Waals surface area contributed by atoms with E-state index in [9.17, 15) is 0 Å². The summed E-state index contributed by atoms with van der Waals surface area (Å²) in [6, 6.07) is 12.1. The van der Waals surface area contributed by atoms with E-state index in [1.807, 2.05) is 30.5 Å². The molecule has 0 radical (unpaired) electrons. The second-order valence-corrected chi connectivity index (χ2v) is 8.30. The molecule has 7 nitrogen and oxygen atoms in total. The molecule has 0 atom stereocenters. The minimum absolute atomic E-state index is 0.572. The topological polar surface area (TPSA) is 67.9 Å². The Balaban J connectivity index is 1.73. The molecule has 0 saturated carbocycles. The first-order valence-corrected chi connectivity index (χ1v) is 11.3. The fourth-order valence-electron chi connectivity index (χ4n) is 4.81. The summed E-state index contributed by atoms with van der Waals surface area (Å²) in [5, 5.41) is 4.08. The molecule has 0 aliphatic heterocycles. The average Bonchev–Trinajstić information content (AvgIpc) is 3.43. The number of benzene rings is 2. The third-order valence-corrected chi connectivity index (χ3v) is 6.37. The van der Waals surface area contributed by atoms with Gasteiger partial charge in [0.05, 0.1) is 40.3 Å². The smallest absolute Gasteiger partial charge is 0.203 e. The number of aryl methyl sites for hydroxylation is 1. The predicted molar refractivity (Wildman–Crippen MR) is 129 cm³/mol. The molecule has 1 aliphatic rings. The van der Waals surface area contributed by atoms with Crippen molar-refractivity contribution < 1.29 is 23.5 Å². The van der Waals surface area contributed by atoms with Gasteiger partial charge < -0.3 is 28.0 Å². The molecule has 0 N–H and O–H groups in total. The number of ether oxygens (including phenoxy) is 4. The standard InChI is InChI=1S/C27H28N2O5/c1-30-20-9-5-7-17(11-20)15-29-16-22-21(10-6-8-18-14-28-34-26(18)22)25(29)19-12-23(31-2)27(33-4)24(13-19)32-3/h5,7,9,11-14,16H,6,8,10,15H2,1-4H3. The van der Waals surface area contributed by atoms with Crippen molar-refractivity contribution in [1.29, 1.82) is 0 Å². The Morgan fingerprint density at radius 1 is 0.941 bits per heavy atom. The van der Waals surface area contributed by atoms with Crippen LogP contribution < -0.4 is 18.9 Å². The normalized spacial score (nSPS) is 12.5. The van der Waals surface area contributed by atoms with E-state index in [2.05, 4.69) is 28.1 Å². The average molecular weight is 461 g/mol. The van der Waals surface area contributed by atoms with Crippen molar-refractivity contribution in [3.05, 3.63) is 65.5 Å². The van der Waals surface area contributed by atoms with Crippen LogP contribution in [0.25, 0.3) is 22.6 Å². The van der Waals surface area contributed by atoms with Gasteiger partial charge >= 0.3 is 0 Å². The molecule has 2 aromatic heterocycles. The van der Waals surface area contributed by atoms with E-state index in [1.54, 1.807) is 28.4 Å². The lowest BCUT2D eigenvalue weighted by Gasteiger charge is -2.17. The maximum Gasteiger partial charge on any atom is 0.203 e. The zero-order chi connectivity index (χ0) is 23.7. The van der Waals surface area contributed by atoms with E-state index in [0.29, 0.717) is 23.8 Å². The summed E-state index contributed by atoms with van der Waals surface area (Å²) in [4.78, 5) is 0. The van der Waals surface area contributed by atoms with Crippen molar-refractivity contribution in [2.75, 3.05) is 28.4 Å². The zero-order valence-electron chi connectivity index (χ0n) is 19.9. The van der Waals surface area contributed by atoms with Gasteiger partial charge in [-0.05, 0) is 54.7 Å². The van der Waals surface area contributed by atoms with Crippen LogP contribution in [-0.2, 0) is 19.4 Å². The maximum atomic E-state index is 5.73. The summed E-state index contributed by atoms with van der Waals surface area (Å²) in [7, 11) is 6.57. The maximum absolute atomic E-state index is 5.73. The summed E-state index contributed by atoms with van der Waals surface area (Å²) < 4.78 is 30.3. The van der Waals surface area contributed by atoms with Crippen molar-refractivity contribution in [2.24, 2.45) is 0 Å². The Morgan fingerprint density at radius 2 is 1.74 bits per heavy atom. The number of nitrogens with zero attached hydrogens (tertiary/aromatic N) is 2. The minimum Gasteiger partial charge on any atom is -0.497 e. The van der Waals surface area contributed by atoms with E-state index >= 15 is 0 Å². The fraction of sp³-hybridized carbons (Fsp3) is 0.296. The molecule has 7 heteroatoms. The monoisotopic (exact) mass is 460 g/mol. The highest BCUT2D eigenvalue weighted by atomic mass is 16.5.